The molecular weight excluding hydrogens is 671 g/mol. The summed E-state index contributed by atoms with van der Waals surface area (Å²) in [5.74, 6) is -0.851. The van der Waals surface area contributed by atoms with Crippen LogP contribution in [0.1, 0.15) is 138 Å². The summed E-state index contributed by atoms with van der Waals surface area (Å²) in [6.45, 7) is 7.60. The number of allylic oxidation sites excluding steroid dienone is 20. The van der Waals surface area contributed by atoms with Crippen LogP contribution in [0.4, 0.5) is 0 Å². The minimum Gasteiger partial charge on any atom is -0.424 e. The van der Waals surface area contributed by atoms with Gasteiger partial charge in [0.05, 0.1) is 11.4 Å². The van der Waals surface area contributed by atoms with Gasteiger partial charge in [-0.15, -0.1) is 0 Å². The molecule has 1 heterocycles. The Labute approximate surface area is 326 Å². The Hall–Kier alpha value is -4.84. The van der Waals surface area contributed by atoms with Crippen molar-refractivity contribution < 1.29 is 23.9 Å². The molecule has 0 N–H and O–H groups in total. The predicted molar refractivity (Wildman–Crippen MR) is 227 cm³/mol. The second kappa shape index (κ2) is 34.0. The molecule has 0 bridgehead atoms. The van der Waals surface area contributed by atoms with Crippen molar-refractivity contribution in [1.82, 2.24) is 4.98 Å². The van der Waals surface area contributed by atoms with Gasteiger partial charge in [-0.2, -0.15) is 0 Å². The number of rotatable bonds is 29. The molecule has 6 heteroatoms. The summed E-state index contributed by atoms with van der Waals surface area (Å²) in [7, 11) is 0. The zero-order valence-corrected chi connectivity index (χ0v) is 33.4. The number of unbranched alkanes of at least 4 members (excludes halogenated alkanes) is 2. The topological polar surface area (TPSA) is 82.6 Å². The first-order chi connectivity index (χ1) is 26.4. The van der Waals surface area contributed by atoms with Crippen molar-refractivity contribution in [3.63, 3.8) is 0 Å². The molecule has 0 amide bonds. The van der Waals surface area contributed by atoms with Crippen LogP contribution >= 0.6 is 0 Å². The molecule has 0 aromatic carbocycles. The van der Waals surface area contributed by atoms with Crippen LogP contribution in [0.5, 0.6) is 11.5 Å². The first-order valence-electron chi connectivity index (χ1n) is 19.8. The summed E-state index contributed by atoms with van der Waals surface area (Å²) in [5.41, 5.74) is 0.801. The van der Waals surface area contributed by atoms with Gasteiger partial charge in [0.1, 0.15) is 5.56 Å². The number of ether oxygens (including phenoxy) is 2. The Balaban J connectivity index is 2.39. The van der Waals surface area contributed by atoms with E-state index in [1.54, 1.807) is 13.8 Å². The second-order valence-corrected chi connectivity index (χ2v) is 12.6. The molecule has 1 aromatic rings. The maximum atomic E-state index is 12.7. The van der Waals surface area contributed by atoms with Crippen molar-refractivity contribution in [1.29, 1.82) is 0 Å². The van der Waals surface area contributed by atoms with Gasteiger partial charge in [-0.1, -0.05) is 135 Å². The largest absolute Gasteiger partial charge is 0.424 e. The lowest BCUT2D eigenvalue weighted by molar-refractivity contribution is -0.134. The minimum atomic E-state index is -0.464. The van der Waals surface area contributed by atoms with E-state index in [4.69, 9.17) is 9.47 Å². The van der Waals surface area contributed by atoms with Crippen molar-refractivity contribution in [2.75, 3.05) is 0 Å². The molecule has 0 saturated carbocycles. The first-order valence-corrected chi connectivity index (χ1v) is 19.8. The van der Waals surface area contributed by atoms with Gasteiger partial charge in [0.25, 0.3) is 0 Å². The van der Waals surface area contributed by atoms with E-state index in [0.717, 1.165) is 77.0 Å². The summed E-state index contributed by atoms with van der Waals surface area (Å²) >= 11 is 0. The van der Waals surface area contributed by atoms with Crippen LogP contribution in [0.2, 0.25) is 0 Å². The highest BCUT2D eigenvalue weighted by Gasteiger charge is 2.22. The highest BCUT2D eigenvalue weighted by Crippen LogP contribution is 2.32. The number of hydrogen-bond acceptors (Lipinski definition) is 6. The third-order valence-electron chi connectivity index (χ3n) is 7.85. The second-order valence-electron chi connectivity index (χ2n) is 12.6. The lowest BCUT2D eigenvalue weighted by Gasteiger charge is -2.15. The number of carbonyl (C=O) groups excluding carboxylic acids is 3. The predicted octanol–water partition coefficient (Wildman–Crippen LogP) is 13.2. The fraction of sp³-hybridized carbons (Fsp3) is 0.417. The molecule has 0 spiro atoms. The molecule has 0 unspecified atom stereocenters. The van der Waals surface area contributed by atoms with Gasteiger partial charge in [-0.05, 0) is 104 Å². The molecule has 54 heavy (non-hydrogen) atoms. The van der Waals surface area contributed by atoms with Gasteiger partial charge in [0, 0.05) is 12.8 Å². The van der Waals surface area contributed by atoms with E-state index in [2.05, 4.69) is 140 Å². The average molecular weight is 736 g/mol. The first kappa shape index (κ1) is 47.2. The Morgan fingerprint density at radius 2 is 0.741 bits per heavy atom. The van der Waals surface area contributed by atoms with E-state index >= 15 is 0 Å². The van der Waals surface area contributed by atoms with Crippen LogP contribution in [0.25, 0.3) is 0 Å². The summed E-state index contributed by atoms with van der Waals surface area (Å²) in [4.78, 5) is 41.8. The molecule has 0 aliphatic rings. The highest BCUT2D eigenvalue weighted by atomic mass is 16.5. The van der Waals surface area contributed by atoms with Gasteiger partial charge in [-0.3, -0.25) is 19.4 Å². The van der Waals surface area contributed by atoms with E-state index < -0.39 is 11.9 Å². The van der Waals surface area contributed by atoms with Crippen molar-refractivity contribution in [2.45, 2.75) is 130 Å². The van der Waals surface area contributed by atoms with Crippen molar-refractivity contribution in [3.05, 3.63) is 138 Å². The molecule has 0 radical (unpaired) electrons. The lowest BCUT2D eigenvalue weighted by atomic mass is 10.1. The van der Waals surface area contributed by atoms with Crippen LogP contribution in [-0.4, -0.2) is 23.2 Å². The van der Waals surface area contributed by atoms with Gasteiger partial charge < -0.3 is 9.47 Å². The van der Waals surface area contributed by atoms with Crippen LogP contribution in [0.3, 0.4) is 0 Å². The third kappa shape index (κ3) is 25.2. The lowest BCUT2D eigenvalue weighted by Crippen LogP contribution is -2.15. The average Bonchev–Trinajstić information content (AvgIpc) is 3.16. The molecule has 0 atom stereocenters. The molecule has 0 aliphatic heterocycles. The number of nitrogens with zero attached hydrogens (tertiary/aromatic N) is 1. The Bertz CT molecular complexity index is 1410. The smallest absolute Gasteiger partial charge is 0.311 e. The monoisotopic (exact) mass is 735 g/mol. The fourth-order valence-corrected chi connectivity index (χ4v) is 5.01. The van der Waals surface area contributed by atoms with Crippen molar-refractivity contribution in [3.8, 4) is 11.5 Å². The zero-order valence-electron chi connectivity index (χ0n) is 33.4. The maximum Gasteiger partial charge on any atom is 0.311 e. The number of pyridine rings is 1. The molecule has 292 valence electrons. The number of hydrogen-bond donors (Lipinski definition) is 0. The maximum absolute atomic E-state index is 12.7. The van der Waals surface area contributed by atoms with Crippen LogP contribution in [0, 0.1) is 13.8 Å². The van der Waals surface area contributed by atoms with Crippen LogP contribution < -0.4 is 9.47 Å². The Morgan fingerprint density at radius 1 is 0.463 bits per heavy atom. The van der Waals surface area contributed by atoms with E-state index in [9.17, 15) is 14.4 Å². The zero-order chi connectivity index (χ0) is 39.3. The van der Waals surface area contributed by atoms with Crippen molar-refractivity contribution >= 4 is 18.2 Å². The summed E-state index contributed by atoms with van der Waals surface area (Å²) in [6, 6.07) is 0. The molecule has 0 aliphatic carbocycles. The van der Waals surface area contributed by atoms with Crippen LogP contribution in [-0.2, 0) is 9.59 Å². The quantitative estimate of drug-likeness (QED) is 0.0352. The number of aldehydes is 1. The highest BCUT2D eigenvalue weighted by molar-refractivity contribution is 5.88. The van der Waals surface area contributed by atoms with E-state index in [1.807, 2.05) is 0 Å². The van der Waals surface area contributed by atoms with E-state index in [0.29, 0.717) is 30.5 Å². The van der Waals surface area contributed by atoms with Gasteiger partial charge in [-0.25, -0.2) is 0 Å². The van der Waals surface area contributed by atoms with E-state index in [1.165, 1.54) is 0 Å². The summed E-state index contributed by atoms with van der Waals surface area (Å²) in [6.07, 6.45) is 56.2. The Kier molecular flexibility index (Phi) is 29.7. The van der Waals surface area contributed by atoms with Gasteiger partial charge in [0.2, 0.25) is 0 Å². The number of aromatic nitrogens is 1. The summed E-state index contributed by atoms with van der Waals surface area (Å²) < 4.78 is 11.1. The standard InChI is InChI=1S/C48H65NO5/c1-5-7-9-11-13-15-17-19-21-23-25-27-29-31-33-35-37-39-45(51)53-47-42(3)49-43(4)48(44(47)41-50)54-46(52)40-38-36-34-32-30-28-26-24-22-20-18-16-14-12-10-8-6-2/h7-10,13-16,19-22,25-28,31-34,41H,5-6,11-12,17-18,23-24,29-30,35-40H2,1-4H3/b9-7-,10-8-,15-13-,16-14-,21-19-,22-20-,27-25-,28-26-,33-31-,34-32-. The molecule has 0 fully saturated rings. The van der Waals surface area contributed by atoms with Gasteiger partial charge in [0.15, 0.2) is 17.8 Å². The molecule has 1 rings (SSSR count). The molecule has 0 saturated heterocycles. The molecular formula is C48H65NO5. The van der Waals surface area contributed by atoms with Gasteiger partial charge >= 0.3 is 11.9 Å². The SMILES string of the molecule is CC/C=C\C/C=C\C/C=C\C/C=C\C/C=C\CCCC(=O)Oc1c(C)nc(C)c(OC(=O)CCC/C=C\C/C=C\C/C=C\C/C=C\C/C=C\CC)c1C=O. The molecule has 1 aromatic heterocycles. The number of esters is 2. The molecule has 6 nitrogen and oxygen atoms in total. The number of aryl methyl sites for hydroxylation is 2. The Morgan fingerprint density at radius 3 is 1.02 bits per heavy atom. The minimum absolute atomic E-state index is 0.0253. The summed E-state index contributed by atoms with van der Waals surface area (Å²) in [5, 5.41) is 0. The fourth-order valence-electron chi connectivity index (χ4n) is 5.01. The third-order valence-corrected chi connectivity index (χ3v) is 7.85. The normalized spacial score (nSPS) is 12.7. The van der Waals surface area contributed by atoms with E-state index in [-0.39, 0.29) is 29.9 Å². The van der Waals surface area contributed by atoms with Crippen molar-refractivity contribution in [2.24, 2.45) is 0 Å². The number of carbonyl (C=O) groups is 3. The van der Waals surface area contributed by atoms with Crippen LogP contribution in [0.15, 0.2) is 122 Å².